The monoisotopic (exact) mass is 474 g/mol. The number of amides is 2. The van der Waals surface area contributed by atoms with Crippen molar-refractivity contribution in [3.8, 4) is 11.1 Å². The maximum absolute atomic E-state index is 12.5. The summed E-state index contributed by atoms with van der Waals surface area (Å²) in [6.45, 7) is 3.19. The van der Waals surface area contributed by atoms with Crippen molar-refractivity contribution in [1.29, 1.82) is 0 Å². The number of benzene rings is 3. The molecule has 0 saturated heterocycles. The van der Waals surface area contributed by atoms with Gasteiger partial charge in [0.2, 0.25) is 0 Å². The zero-order valence-electron chi connectivity index (χ0n) is 19.4. The third kappa shape index (κ3) is 5.33. The van der Waals surface area contributed by atoms with Crippen LogP contribution in [-0.2, 0) is 19.2 Å². The average Bonchev–Trinajstić information content (AvgIpc) is 3.19. The van der Waals surface area contributed by atoms with E-state index in [1.807, 2.05) is 24.3 Å². The molecule has 3 N–H and O–H groups in total. The first-order valence-corrected chi connectivity index (χ1v) is 11.3. The van der Waals surface area contributed by atoms with Crippen molar-refractivity contribution in [2.45, 2.75) is 31.8 Å². The van der Waals surface area contributed by atoms with E-state index in [0.29, 0.717) is 11.3 Å². The summed E-state index contributed by atoms with van der Waals surface area (Å²) in [6.07, 6.45) is -1.73. The topological polar surface area (TPSA) is 114 Å². The zero-order valence-corrected chi connectivity index (χ0v) is 19.4. The van der Waals surface area contributed by atoms with E-state index in [4.69, 9.17) is 14.7 Å². The number of carboxylic acid groups (broad SMARTS) is 1. The molecule has 2 amide bonds. The Kier molecular flexibility index (Phi) is 7.12. The van der Waals surface area contributed by atoms with Gasteiger partial charge in [-0.25, -0.2) is 15.1 Å². The Bertz CT molecular complexity index is 1190. The van der Waals surface area contributed by atoms with Gasteiger partial charge in [0.15, 0.2) is 6.10 Å². The molecule has 0 aromatic heterocycles. The minimum atomic E-state index is -1.18. The van der Waals surface area contributed by atoms with Crippen molar-refractivity contribution in [3.63, 3.8) is 0 Å². The minimum absolute atomic E-state index is 0.0269. The molecule has 35 heavy (non-hydrogen) atoms. The fraction of sp³-hybridized carbons (Fsp3) is 0.222. The number of rotatable bonds is 8. The minimum Gasteiger partial charge on any atom is -0.479 e. The second-order valence-electron chi connectivity index (χ2n) is 8.36. The predicted octanol–water partition coefficient (Wildman–Crippen LogP) is 4.67. The number of fused-ring (bicyclic) bond motifs is 3. The van der Waals surface area contributed by atoms with E-state index in [2.05, 4.69) is 35.1 Å². The van der Waals surface area contributed by atoms with Crippen LogP contribution < -0.4 is 10.8 Å². The molecule has 8 heteroatoms. The highest BCUT2D eigenvalue weighted by Crippen LogP contribution is 2.44. The average molecular weight is 475 g/mol. The summed E-state index contributed by atoms with van der Waals surface area (Å²) in [4.78, 5) is 40.3. The number of carbonyl (C=O) groups is 3. The van der Waals surface area contributed by atoms with Crippen molar-refractivity contribution in [2.75, 3.05) is 11.9 Å². The third-order valence-corrected chi connectivity index (χ3v) is 6.08. The van der Waals surface area contributed by atoms with Crippen LogP contribution in [0.4, 0.5) is 10.5 Å². The molecule has 0 spiro atoms. The van der Waals surface area contributed by atoms with E-state index in [1.165, 1.54) is 6.92 Å². The highest BCUT2D eigenvalue weighted by Gasteiger charge is 2.29. The summed E-state index contributed by atoms with van der Waals surface area (Å²) < 4.78 is 5.55. The largest absolute Gasteiger partial charge is 0.479 e. The number of ether oxygens (including phenoxy) is 1. The molecule has 180 valence electrons. The van der Waals surface area contributed by atoms with E-state index < -0.39 is 30.0 Å². The normalized spacial score (nSPS) is 13.8. The number of carbonyl (C=O) groups excluding carboxylic acids is 2. The SMILES string of the molecule is CC(ONC(=O)C(C)c1ccc(NC(=O)OCC2c3ccccc3-c3ccccc32)cc1)C(=O)O. The molecule has 2 atom stereocenters. The molecular formula is C27H26N2O6. The Hall–Kier alpha value is -4.17. The molecule has 8 nitrogen and oxygen atoms in total. The number of nitrogens with one attached hydrogen (secondary N) is 2. The maximum atomic E-state index is 12.5. The summed E-state index contributed by atoms with van der Waals surface area (Å²) in [7, 11) is 0. The fourth-order valence-electron chi connectivity index (χ4n) is 4.04. The van der Waals surface area contributed by atoms with E-state index in [0.717, 1.165) is 22.3 Å². The fourth-order valence-corrected chi connectivity index (χ4v) is 4.04. The highest BCUT2D eigenvalue weighted by molar-refractivity contribution is 5.86. The second kappa shape index (κ2) is 10.4. The summed E-state index contributed by atoms with van der Waals surface area (Å²) in [5.74, 6) is -2.27. The smallest absolute Gasteiger partial charge is 0.411 e. The Labute approximate surface area is 202 Å². The van der Waals surface area contributed by atoms with E-state index in [9.17, 15) is 14.4 Å². The van der Waals surface area contributed by atoms with E-state index in [-0.39, 0.29) is 12.5 Å². The summed E-state index contributed by atoms with van der Waals surface area (Å²) in [5.41, 5.74) is 7.95. The Balaban J connectivity index is 1.32. The van der Waals surface area contributed by atoms with Gasteiger partial charge < -0.3 is 9.84 Å². The number of carboxylic acids is 1. The predicted molar refractivity (Wildman–Crippen MR) is 130 cm³/mol. The molecular weight excluding hydrogens is 448 g/mol. The van der Waals surface area contributed by atoms with Crippen LogP contribution in [0.25, 0.3) is 11.1 Å². The number of aliphatic carboxylic acids is 1. The van der Waals surface area contributed by atoms with Crippen molar-refractivity contribution < 1.29 is 29.1 Å². The Morgan fingerprint density at radius 2 is 1.46 bits per heavy atom. The number of hydrogen-bond acceptors (Lipinski definition) is 5. The molecule has 0 aliphatic heterocycles. The molecule has 3 aromatic rings. The van der Waals surface area contributed by atoms with Crippen LogP contribution in [0.3, 0.4) is 0 Å². The van der Waals surface area contributed by atoms with E-state index in [1.54, 1.807) is 31.2 Å². The van der Waals surface area contributed by atoms with Gasteiger partial charge in [-0.1, -0.05) is 60.7 Å². The van der Waals surface area contributed by atoms with Gasteiger partial charge in [-0.2, -0.15) is 0 Å². The second-order valence-corrected chi connectivity index (χ2v) is 8.36. The van der Waals surface area contributed by atoms with Gasteiger partial charge in [-0.05, 0) is 53.8 Å². The van der Waals surface area contributed by atoms with Crippen LogP contribution in [0.2, 0.25) is 0 Å². The van der Waals surface area contributed by atoms with Crippen LogP contribution in [-0.4, -0.2) is 35.8 Å². The molecule has 0 saturated carbocycles. The van der Waals surface area contributed by atoms with E-state index >= 15 is 0 Å². The summed E-state index contributed by atoms with van der Waals surface area (Å²) in [6, 6.07) is 23.0. The van der Waals surface area contributed by atoms with Gasteiger partial charge >= 0.3 is 12.1 Å². The van der Waals surface area contributed by atoms with Gasteiger partial charge in [0, 0.05) is 11.6 Å². The molecule has 0 fully saturated rings. The molecule has 3 aromatic carbocycles. The molecule has 0 heterocycles. The van der Waals surface area contributed by atoms with Gasteiger partial charge in [0.25, 0.3) is 5.91 Å². The molecule has 1 aliphatic rings. The quantitative estimate of drug-likeness (QED) is 0.409. The van der Waals surface area contributed by atoms with Crippen molar-refractivity contribution in [1.82, 2.24) is 5.48 Å². The zero-order chi connectivity index (χ0) is 24.9. The Morgan fingerprint density at radius 3 is 2.03 bits per heavy atom. The maximum Gasteiger partial charge on any atom is 0.411 e. The van der Waals surface area contributed by atoms with Crippen LogP contribution in [0.1, 0.15) is 42.4 Å². The standard InChI is InChI=1S/C27H26N2O6/c1-16(25(30)29-35-17(2)26(31)32)18-11-13-19(14-12-18)28-27(33)34-15-24-22-9-5-3-7-20(22)21-8-4-6-10-23(21)24/h3-14,16-17,24H,15H2,1-2H3,(H,28,33)(H,29,30)(H,31,32). The Morgan fingerprint density at radius 1 is 0.886 bits per heavy atom. The lowest BCUT2D eigenvalue weighted by Crippen LogP contribution is -2.34. The molecule has 0 radical (unpaired) electrons. The van der Waals surface area contributed by atoms with Crippen LogP contribution >= 0.6 is 0 Å². The van der Waals surface area contributed by atoms with Crippen LogP contribution in [0.5, 0.6) is 0 Å². The lowest BCUT2D eigenvalue weighted by molar-refractivity contribution is -0.159. The lowest BCUT2D eigenvalue weighted by atomic mass is 9.98. The summed E-state index contributed by atoms with van der Waals surface area (Å²) >= 11 is 0. The third-order valence-electron chi connectivity index (χ3n) is 6.08. The van der Waals surface area contributed by atoms with Crippen molar-refractivity contribution in [2.24, 2.45) is 0 Å². The van der Waals surface area contributed by atoms with Gasteiger partial charge in [0.05, 0.1) is 5.92 Å². The number of hydroxylamine groups is 1. The summed E-state index contributed by atoms with van der Waals surface area (Å²) in [5, 5.41) is 11.5. The van der Waals surface area contributed by atoms with Gasteiger partial charge in [0.1, 0.15) is 6.61 Å². The molecule has 2 unspecified atom stereocenters. The lowest BCUT2D eigenvalue weighted by Gasteiger charge is -2.16. The number of hydrogen-bond donors (Lipinski definition) is 3. The van der Waals surface area contributed by atoms with Crippen LogP contribution in [0, 0.1) is 0 Å². The van der Waals surface area contributed by atoms with Crippen LogP contribution in [0.15, 0.2) is 72.8 Å². The molecule has 0 bridgehead atoms. The number of anilines is 1. The van der Waals surface area contributed by atoms with Crippen molar-refractivity contribution >= 4 is 23.7 Å². The first-order valence-electron chi connectivity index (χ1n) is 11.3. The van der Waals surface area contributed by atoms with Gasteiger partial charge in [-0.15, -0.1) is 0 Å². The highest BCUT2D eigenvalue weighted by atomic mass is 16.7. The first kappa shape index (κ1) is 24.0. The molecule has 4 rings (SSSR count). The van der Waals surface area contributed by atoms with Crippen molar-refractivity contribution in [3.05, 3.63) is 89.5 Å². The van der Waals surface area contributed by atoms with Gasteiger partial charge in [-0.3, -0.25) is 14.9 Å². The molecule has 1 aliphatic carbocycles. The first-order chi connectivity index (χ1) is 16.8.